The molecule has 6 nitrogen and oxygen atoms in total. The predicted octanol–water partition coefficient (Wildman–Crippen LogP) is 4.29. The zero-order chi connectivity index (χ0) is 22.5. The van der Waals surface area contributed by atoms with Gasteiger partial charge in [0.25, 0.3) is 0 Å². The smallest absolute Gasteiger partial charge is 0.135 e. The van der Waals surface area contributed by atoms with Gasteiger partial charge in [0.15, 0.2) is 0 Å². The van der Waals surface area contributed by atoms with Crippen molar-refractivity contribution in [2.24, 2.45) is 0 Å². The fourth-order valence-electron chi connectivity index (χ4n) is 5.17. The van der Waals surface area contributed by atoms with Gasteiger partial charge in [-0.2, -0.15) is 0 Å². The number of unbranched alkanes of at least 4 members (excludes halogenated alkanes) is 3. The Morgan fingerprint density at radius 3 is 2.61 bits per heavy atom. The van der Waals surface area contributed by atoms with Crippen LogP contribution in [-0.4, -0.2) is 64.0 Å². The first-order valence-corrected chi connectivity index (χ1v) is 12.7. The number of piperazine rings is 1. The van der Waals surface area contributed by atoms with Crippen molar-refractivity contribution in [1.29, 1.82) is 0 Å². The third-order valence-electron chi connectivity index (χ3n) is 7.10. The van der Waals surface area contributed by atoms with Gasteiger partial charge in [-0.05, 0) is 31.5 Å². The van der Waals surface area contributed by atoms with E-state index in [9.17, 15) is 0 Å². The molecule has 2 aliphatic heterocycles. The molecule has 2 aromatic heterocycles. The first-order chi connectivity index (χ1) is 16.3. The number of fused-ring (bicyclic) bond motifs is 2. The summed E-state index contributed by atoms with van der Waals surface area (Å²) in [6.45, 7) is 10.7. The van der Waals surface area contributed by atoms with Gasteiger partial charge in [-0.3, -0.25) is 14.8 Å². The van der Waals surface area contributed by atoms with Crippen LogP contribution in [0.25, 0.3) is 10.9 Å². The topological polar surface area (TPSA) is 48.4 Å². The van der Waals surface area contributed by atoms with Gasteiger partial charge in [-0.25, -0.2) is 9.97 Å². The Bertz CT molecular complexity index is 1060. The lowest BCUT2D eigenvalue weighted by atomic mass is 10.0. The molecule has 2 aliphatic rings. The maximum atomic E-state index is 4.87. The highest BCUT2D eigenvalue weighted by Crippen LogP contribution is 2.27. The van der Waals surface area contributed by atoms with E-state index in [1.54, 1.807) is 6.33 Å². The largest absolute Gasteiger partial charge is 0.354 e. The minimum absolute atomic E-state index is 0.861. The minimum atomic E-state index is 0.861. The first kappa shape index (κ1) is 22.2. The molecule has 1 fully saturated rings. The molecule has 0 unspecified atom stereocenters. The second-order valence-electron chi connectivity index (χ2n) is 9.47. The molecule has 33 heavy (non-hydrogen) atoms. The van der Waals surface area contributed by atoms with E-state index in [1.165, 1.54) is 54.7 Å². The molecule has 0 bridgehead atoms. The zero-order valence-electron chi connectivity index (χ0n) is 19.9. The van der Waals surface area contributed by atoms with E-state index in [2.05, 4.69) is 63.0 Å². The summed E-state index contributed by atoms with van der Waals surface area (Å²) in [6, 6.07) is 12.7. The summed E-state index contributed by atoms with van der Waals surface area (Å²) in [4.78, 5) is 21.9. The number of aromatic nitrogens is 3. The van der Waals surface area contributed by atoms with Crippen LogP contribution in [0.1, 0.15) is 49.6 Å². The Hall–Kier alpha value is -2.57. The maximum absolute atomic E-state index is 4.87. The molecule has 0 atom stereocenters. The summed E-state index contributed by atoms with van der Waals surface area (Å²) in [6.07, 6.45) is 8.14. The normalized spacial score (nSPS) is 17.4. The standard InChI is InChI=1S/C27H36N6/c1-2-3-4-7-13-31-15-17-33(18-16-31)27-24-12-14-32(20-26(24)28-21-29-27)19-23-11-10-22-8-5-6-9-25(22)30-23/h5-6,8-11,21H,2-4,7,12-20H2,1H3. The number of hydrogen-bond acceptors (Lipinski definition) is 6. The highest BCUT2D eigenvalue weighted by molar-refractivity contribution is 5.78. The van der Waals surface area contributed by atoms with Crippen molar-refractivity contribution < 1.29 is 0 Å². The highest BCUT2D eigenvalue weighted by Gasteiger charge is 2.26. The van der Waals surface area contributed by atoms with E-state index in [1.807, 2.05) is 0 Å². The second-order valence-corrected chi connectivity index (χ2v) is 9.47. The molecule has 0 radical (unpaired) electrons. The molecule has 3 aromatic rings. The van der Waals surface area contributed by atoms with E-state index < -0.39 is 0 Å². The van der Waals surface area contributed by atoms with Crippen LogP contribution in [0.2, 0.25) is 0 Å². The fourth-order valence-corrected chi connectivity index (χ4v) is 5.17. The SMILES string of the molecule is CCCCCCN1CCN(c2ncnc3c2CCN(Cc2ccc4ccccc4n2)C3)CC1. The van der Waals surface area contributed by atoms with Crippen molar-refractivity contribution in [3.63, 3.8) is 0 Å². The molecule has 6 heteroatoms. The summed E-state index contributed by atoms with van der Waals surface area (Å²) in [7, 11) is 0. The van der Waals surface area contributed by atoms with Crippen molar-refractivity contribution >= 4 is 16.7 Å². The Kier molecular flexibility index (Phi) is 7.12. The Morgan fingerprint density at radius 1 is 0.848 bits per heavy atom. The van der Waals surface area contributed by atoms with Crippen molar-refractivity contribution in [3.8, 4) is 0 Å². The predicted molar refractivity (Wildman–Crippen MR) is 134 cm³/mol. The van der Waals surface area contributed by atoms with Crippen molar-refractivity contribution in [2.75, 3.05) is 44.2 Å². The molecule has 5 rings (SSSR count). The fraction of sp³-hybridized carbons (Fsp3) is 0.519. The molecule has 4 heterocycles. The van der Waals surface area contributed by atoms with Gasteiger partial charge >= 0.3 is 0 Å². The van der Waals surface area contributed by atoms with Crippen LogP contribution in [0, 0.1) is 0 Å². The van der Waals surface area contributed by atoms with E-state index >= 15 is 0 Å². The second kappa shape index (κ2) is 10.6. The van der Waals surface area contributed by atoms with Gasteiger partial charge in [0.2, 0.25) is 0 Å². The van der Waals surface area contributed by atoms with Gasteiger partial charge in [-0.1, -0.05) is 50.5 Å². The third-order valence-corrected chi connectivity index (χ3v) is 7.10. The molecule has 0 saturated carbocycles. The quantitative estimate of drug-likeness (QED) is 0.483. The minimum Gasteiger partial charge on any atom is -0.354 e. The lowest BCUT2D eigenvalue weighted by Gasteiger charge is -2.37. The molecule has 1 saturated heterocycles. The van der Waals surface area contributed by atoms with Crippen LogP contribution >= 0.6 is 0 Å². The number of hydrogen-bond donors (Lipinski definition) is 0. The lowest BCUT2D eigenvalue weighted by molar-refractivity contribution is 0.237. The molecular weight excluding hydrogens is 408 g/mol. The number of pyridine rings is 1. The maximum Gasteiger partial charge on any atom is 0.135 e. The van der Waals surface area contributed by atoms with Crippen LogP contribution in [0.15, 0.2) is 42.7 Å². The molecule has 0 N–H and O–H groups in total. The third kappa shape index (κ3) is 5.33. The zero-order valence-corrected chi connectivity index (χ0v) is 19.9. The van der Waals surface area contributed by atoms with Crippen LogP contribution in [0.3, 0.4) is 0 Å². The molecular formula is C27H36N6. The van der Waals surface area contributed by atoms with E-state index in [0.29, 0.717) is 0 Å². The Balaban J connectivity index is 1.20. The van der Waals surface area contributed by atoms with Crippen LogP contribution < -0.4 is 4.90 Å². The van der Waals surface area contributed by atoms with Gasteiger partial charge in [0.05, 0.1) is 16.9 Å². The summed E-state index contributed by atoms with van der Waals surface area (Å²) >= 11 is 0. The monoisotopic (exact) mass is 444 g/mol. The van der Waals surface area contributed by atoms with Crippen molar-refractivity contribution in [3.05, 3.63) is 59.7 Å². The summed E-state index contributed by atoms with van der Waals surface area (Å²) in [5, 5.41) is 1.20. The van der Waals surface area contributed by atoms with E-state index in [4.69, 9.17) is 9.97 Å². The van der Waals surface area contributed by atoms with Gasteiger partial charge < -0.3 is 4.90 Å². The number of rotatable bonds is 8. The number of nitrogens with zero attached hydrogens (tertiary/aromatic N) is 6. The number of benzene rings is 1. The first-order valence-electron chi connectivity index (χ1n) is 12.7. The van der Waals surface area contributed by atoms with E-state index in [-0.39, 0.29) is 0 Å². The molecule has 0 spiro atoms. The van der Waals surface area contributed by atoms with Gasteiger partial charge in [0, 0.05) is 56.8 Å². The van der Waals surface area contributed by atoms with E-state index in [0.717, 1.165) is 63.4 Å². The van der Waals surface area contributed by atoms with Crippen molar-refractivity contribution in [2.45, 2.75) is 52.1 Å². The highest BCUT2D eigenvalue weighted by atomic mass is 15.3. The van der Waals surface area contributed by atoms with Crippen molar-refractivity contribution in [1.82, 2.24) is 24.8 Å². The number of anilines is 1. The summed E-state index contributed by atoms with van der Waals surface area (Å²) < 4.78 is 0. The molecule has 0 aliphatic carbocycles. The van der Waals surface area contributed by atoms with Gasteiger partial charge in [-0.15, -0.1) is 0 Å². The van der Waals surface area contributed by atoms with Crippen LogP contribution in [-0.2, 0) is 19.5 Å². The summed E-state index contributed by atoms with van der Waals surface area (Å²) in [5.74, 6) is 1.18. The molecule has 1 aromatic carbocycles. The average Bonchev–Trinajstić information content (AvgIpc) is 2.86. The Labute approximate surface area is 197 Å². The molecule has 0 amide bonds. The van der Waals surface area contributed by atoms with Crippen LogP contribution in [0.4, 0.5) is 5.82 Å². The average molecular weight is 445 g/mol. The summed E-state index contributed by atoms with van der Waals surface area (Å²) in [5.41, 5.74) is 4.74. The lowest BCUT2D eigenvalue weighted by Crippen LogP contribution is -2.47. The van der Waals surface area contributed by atoms with Crippen LogP contribution in [0.5, 0.6) is 0 Å². The number of para-hydroxylation sites is 1. The Morgan fingerprint density at radius 2 is 1.73 bits per heavy atom. The van der Waals surface area contributed by atoms with Gasteiger partial charge in [0.1, 0.15) is 12.1 Å². The molecule has 174 valence electrons.